The maximum absolute atomic E-state index is 13.1. The number of amides is 1. The molecule has 6 unspecified atom stereocenters. The Labute approximate surface area is 138 Å². The van der Waals surface area contributed by atoms with E-state index in [4.69, 9.17) is 0 Å². The molecule has 1 aliphatic heterocycles. The number of carbonyl (C=O) groups is 1. The van der Waals surface area contributed by atoms with Gasteiger partial charge in [-0.15, -0.1) is 0 Å². The zero-order valence-electron chi connectivity index (χ0n) is 13.7. The molecule has 3 aliphatic carbocycles. The highest BCUT2D eigenvalue weighted by molar-refractivity contribution is 5.95. The lowest BCUT2D eigenvalue weighted by atomic mass is 9.68. The molecule has 1 saturated heterocycles. The van der Waals surface area contributed by atoms with Crippen molar-refractivity contribution in [2.75, 3.05) is 5.01 Å². The van der Waals surface area contributed by atoms with Gasteiger partial charge < -0.3 is 0 Å². The van der Waals surface area contributed by atoms with Crippen molar-refractivity contribution >= 4 is 11.6 Å². The van der Waals surface area contributed by atoms with Crippen LogP contribution in [-0.2, 0) is 4.79 Å². The molecule has 1 amide bonds. The van der Waals surface area contributed by atoms with E-state index in [0.29, 0.717) is 17.9 Å². The molecule has 1 aromatic rings. The van der Waals surface area contributed by atoms with Gasteiger partial charge in [-0.25, -0.2) is 10.4 Å². The first-order valence-electron chi connectivity index (χ1n) is 9.50. The molecule has 0 bridgehead atoms. The lowest BCUT2D eigenvalue weighted by Gasteiger charge is -2.46. The summed E-state index contributed by atoms with van der Waals surface area (Å²) in [7, 11) is 0. The summed E-state index contributed by atoms with van der Waals surface area (Å²) in [4.78, 5) is 13.1. The van der Waals surface area contributed by atoms with Crippen molar-refractivity contribution in [3.05, 3.63) is 30.3 Å². The maximum Gasteiger partial charge on any atom is 0.244 e. The van der Waals surface area contributed by atoms with E-state index in [1.54, 1.807) is 0 Å². The second kappa shape index (κ2) is 5.34. The molecule has 5 rings (SSSR count). The third kappa shape index (κ3) is 2.02. The topological polar surface area (TPSA) is 32.3 Å². The number of anilines is 1. The molecule has 0 spiro atoms. The number of rotatable bonds is 1. The molecule has 0 radical (unpaired) electrons. The number of nitrogens with one attached hydrogen (secondary N) is 1. The Morgan fingerprint density at radius 3 is 2.43 bits per heavy atom. The van der Waals surface area contributed by atoms with Crippen LogP contribution in [0.5, 0.6) is 0 Å². The number of para-hydroxylation sites is 1. The van der Waals surface area contributed by atoms with E-state index >= 15 is 0 Å². The van der Waals surface area contributed by atoms with Gasteiger partial charge in [0.05, 0.1) is 5.69 Å². The number of carbonyl (C=O) groups excluding carboxylic acids is 1. The molecule has 6 atom stereocenters. The van der Waals surface area contributed by atoms with Gasteiger partial charge in [0.25, 0.3) is 0 Å². The highest BCUT2D eigenvalue weighted by atomic mass is 16.2. The van der Waals surface area contributed by atoms with Crippen LogP contribution in [0.15, 0.2) is 30.3 Å². The van der Waals surface area contributed by atoms with Gasteiger partial charge in [0.15, 0.2) is 0 Å². The highest BCUT2D eigenvalue weighted by Crippen LogP contribution is 2.57. The van der Waals surface area contributed by atoms with Crippen LogP contribution >= 0.6 is 0 Å². The molecule has 23 heavy (non-hydrogen) atoms. The molecule has 1 aromatic carbocycles. The first-order chi connectivity index (χ1) is 11.3. The van der Waals surface area contributed by atoms with Gasteiger partial charge in [-0.3, -0.25) is 4.79 Å². The quantitative estimate of drug-likeness (QED) is 0.856. The van der Waals surface area contributed by atoms with Crippen molar-refractivity contribution in [2.45, 2.75) is 51.0 Å². The molecule has 122 valence electrons. The largest absolute Gasteiger partial charge is 0.273 e. The SMILES string of the molecule is O=C1C2CCCC3C4CCCCC4C(NN1c1ccccc1)C23. The summed E-state index contributed by atoms with van der Waals surface area (Å²) >= 11 is 0. The van der Waals surface area contributed by atoms with Crippen molar-refractivity contribution in [1.82, 2.24) is 5.43 Å². The Morgan fingerprint density at radius 1 is 0.870 bits per heavy atom. The Morgan fingerprint density at radius 2 is 1.61 bits per heavy atom. The van der Waals surface area contributed by atoms with Gasteiger partial charge >= 0.3 is 0 Å². The molecule has 3 nitrogen and oxygen atoms in total. The van der Waals surface area contributed by atoms with Gasteiger partial charge in [0.1, 0.15) is 0 Å². The number of hydrogen-bond donors (Lipinski definition) is 1. The first kappa shape index (κ1) is 14.0. The summed E-state index contributed by atoms with van der Waals surface area (Å²) in [5.41, 5.74) is 4.70. The van der Waals surface area contributed by atoms with Gasteiger partial charge in [-0.05, 0) is 61.5 Å². The van der Waals surface area contributed by atoms with Crippen LogP contribution in [0.2, 0.25) is 0 Å². The maximum atomic E-state index is 13.1. The van der Waals surface area contributed by atoms with Crippen LogP contribution in [-0.4, -0.2) is 11.9 Å². The zero-order valence-corrected chi connectivity index (χ0v) is 13.7. The summed E-state index contributed by atoms with van der Waals surface area (Å²) in [5, 5.41) is 1.89. The second-order valence-electron chi connectivity index (χ2n) is 8.05. The van der Waals surface area contributed by atoms with E-state index in [1.807, 2.05) is 23.2 Å². The fourth-order valence-corrected chi connectivity index (χ4v) is 6.35. The van der Waals surface area contributed by atoms with E-state index in [0.717, 1.165) is 29.9 Å². The number of fused-ring (bicyclic) bond motifs is 3. The minimum Gasteiger partial charge on any atom is -0.273 e. The molecule has 4 aliphatic rings. The molecular weight excluding hydrogens is 284 g/mol. The summed E-state index contributed by atoms with van der Waals surface area (Å²) in [6.45, 7) is 0. The van der Waals surface area contributed by atoms with Crippen molar-refractivity contribution in [3.8, 4) is 0 Å². The third-order valence-electron chi connectivity index (χ3n) is 7.14. The van der Waals surface area contributed by atoms with Gasteiger partial charge in [0.2, 0.25) is 5.91 Å². The Kier molecular flexibility index (Phi) is 3.26. The predicted octanol–water partition coefficient (Wildman–Crippen LogP) is 3.76. The standard InChI is InChI=1S/C20H26N2O/c23-20-17-12-6-11-15-14-9-4-5-10-16(14)19(18(15)17)21-22(20)13-7-2-1-3-8-13/h1-3,7-8,14-19,21H,4-6,9-12H2. The van der Waals surface area contributed by atoms with E-state index in [2.05, 4.69) is 17.6 Å². The van der Waals surface area contributed by atoms with Gasteiger partial charge in [-0.2, -0.15) is 0 Å². The molecule has 3 heteroatoms. The lowest BCUT2D eigenvalue weighted by molar-refractivity contribution is -0.130. The van der Waals surface area contributed by atoms with Crippen LogP contribution in [0.1, 0.15) is 44.9 Å². The fourth-order valence-electron chi connectivity index (χ4n) is 6.35. The Hall–Kier alpha value is -1.35. The van der Waals surface area contributed by atoms with E-state index in [1.165, 1.54) is 38.5 Å². The molecule has 1 N–H and O–H groups in total. The third-order valence-corrected chi connectivity index (χ3v) is 7.14. The van der Waals surface area contributed by atoms with E-state index in [9.17, 15) is 4.79 Å². The monoisotopic (exact) mass is 310 g/mol. The fraction of sp³-hybridized carbons (Fsp3) is 0.650. The van der Waals surface area contributed by atoms with Crippen LogP contribution < -0.4 is 10.4 Å². The molecular formula is C20H26N2O. The summed E-state index contributed by atoms with van der Waals surface area (Å²) in [6.07, 6.45) is 9.24. The van der Waals surface area contributed by atoms with E-state index in [-0.39, 0.29) is 5.92 Å². The average molecular weight is 310 g/mol. The summed E-state index contributed by atoms with van der Waals surface area (Å²) in [5.74, 6) is 3.64. The number of hydrogen-bond acceptors (Lipinski definition) is 2. The number of nitrogens with zero attached hydrogens (tertiary/aromatic N) is 1. The van der Waals surface area contributed by atoms with Crippen LogP contribution in [0.25, 0.3) is 0 Å². The predicted molar refractivity (Wildman–Crippen MR) is 90.6 cm³/mol. The minimum atomic E-state index is 0.255. The van der Waals surface area contributed by atoms with Gasteiger partial charge in [0, 0.05) is 12.0 Å². The zero-order chi connectivity index (χ0) is 15.4. The van der Waals surface area contributed by atoms with Crippen molar-refractivity contribution in [3.63, 3.8) is 0 Å². The molecule has 0 aromatic heterocycles. The lowest BCUT2D eigenvalue weighted by Crippen LogP contribution is -2.62. The molecule has 3 saturated carbocycles. The minimum absolute atomic E-state index is 0.255. The smallest absolute Gasteiger partial charge is 0.244 e. The number of hydrazine groups is 1. The highest BCUT2D eigenvalue weighted by Gasteiger charge is 2.58. The Bertz CT molecular complexity index is 601. The molecule has 1 heterocycles. The first-order valence-corrected chi connectivity index (χ1v) is 9.50. The second-order valence-corrected chi connectivity index (χ2v) is 8.05. The normalized spacial score (nSPS) is 42.3. The van der Waals surface area contributed by atoms with E-state index < -0.39 is 0 Å². The van der Waals surface area contributed by atoms with Crippen LogP contribution in [0.4, 0.5) is 5.69 Å². The summed E-state index contributed by atoms with van der Waals surface area (Å²) in [6, 6.07) is 10.7. The molecule has 4 fully saturated rings. The van der Waals surface area contributed by atoms with Crippen LogP contribution in [0.3, 0.4) is 0 Å². The average Bonchev–Trinajstić information content (AvgIpc) is 2.94. The number of benzene rings is 1. The Balaban J connectivity index is 1.53. The van der Waals surface area contributed by atoms with Crippen molar-refractivity contribution in [2.24, 2.45) is 29.6 Å². The van der Waals surface area contributed by atoms with Crippen molar-refractivity contribution < 1.29 is 4.79 Å². The summed E-state index contributed by atoms with van der Waals surface area (Å²) < 4.78 is 0. The van der Waals surface area contributed by atoms with Crippen LogP contribution in [0, 0.1) is 29.6 Å². The van der Waals surface area contributed by atoms with Crippen molar-refractivity contribution in [1.29, 1.82) is 0 Å². The van der Waals surface area contributed by atoms with Gasteiger partial charge in [-0.1, -0.05) is 37.5 Å².